The van der Waals surface area contributed by atoms with Gasteiger partial charge in [-0.15, -0.1) is 0 Å². The summed E-state index contributed by atoms with van der Waals surface area (Å²) in [5, 5.41) is 9.49. The van der Waals surface area contributed by atoms with E-state index < -0.39 is 11.6 Å². The van der Waals surface area contributed by atoms with Crippen molar-refractivity contribution in [3.05, 3.63) is 59.2 Å². The van der Waals surface area contributed by atoms with E-state index >= 15 is 0 Å². The maximum Gasteiger partial charge on any atom is 0.231 e. The van der Waals surface area contributed by atoms with Crippen molar-refractivity contribution in [3.8, 4) is 11.5 Å². The molecule has 0 saturated carbocycles. The summed E-state index contributed by atoms with van der Waals surface area (Å²) in [6.07, 6.45) is 0.632. The molecule has 4 rings (SSSR count). The minimum Gasteiger partial charge on any atom is -0.454 e. The lowest BCUT2D eigenvalue weighted by molar-refractivity contribution is 0.0494. The number of nitrogens with zero attached hydrogens (tertiary/aromatic N) is 2. The summed E-state index contributed by atoms with van der Waals surface area (Å²) in [5.74, 6) is -0.0659. The lowest BCUT2D eigenvalue weighted by atomic mass is 10.1. The van der Waals surface area contributed by atoms with Crippen LogP contribution >= 0.6 is 0 Å². The first-order valence-corrected chi connectivity index (χ1v) is 9.52. The molecule has 1 N–H and O–H groups in total. The minimum atomic E-state index is -0.831. The molecule has 0 aliphatic carbocycles. The lowest BCUT2D eigenvalue weighted by Gasteiger charge is -2.41. The fraction of sp³-hybridized carbons (Fsp3) is 0.429. The quantitative estimate of drug-likeness (QED) is 0.822. The van der Waals surface area contributed by atoms with Gasteiger partial charge in [-0.25, -0.2) is 8.78 Å². The molecule has 28 heavy (non-hydrogen) atoms. The molecule has 2 aliphatic heterocycles. The summed E-state index contributed by atoms with van der Waals surface area (Å²) in [4.78, 5) is 4.56. The number of hydrogen-bond donors (Lipinski definition) is 1. The lowest BCUT2D eigenvalue weighted by Crippen LogP contribution is -2.52. The van der Waals surface area contributed by atoms with Gasteiger partial charge in [0.15, 0.2) is 23.1 Å². The number of halogens is 2. The molecule has 2 aromatic rings. The molecular weight excluding hydrogens is 366 g/mol. The molecule has 0 spiro atoms. The maximum absolute atomic E-state index is 13.5. The van der Waals surface area contributed by atoms with Gasteiger partial charge in [0.25, 0.3) is 0 Å². The van der Waals surface area contributed by atoms with Crippen molar-refractivity contribution in [1.29, 1.82) is 0 Å². The largest absolute Gasteiger partial charge is 0.454 e. The van der Waals surface area contributed by atoms with Crippen molar-refractivity contribution in [1.82, 2.24) is 9.80 Å². The second kappa shape index (κ2) is 8.43. The van der Waals surface area contributed by atoms with Crippen molar-refractivity contribution in [2.75, 3.05) is 33.0 Å². The molecule has 150 valence electrons. The Bertz CT molecular complexity index is 833. The molecule has 2 aliphatic rings. The average Bonchev–Trinajstić information content (AvgIpc) is 3.17. The van der Waals surface area contributed by atoms with Gasteiger partial charge in [0.1, 0.15) is 0 Å². The van der Waals surface area contributed by atoms with Gasteiger partial charge in [-0.2, -0.15) is 0 Å². The highest BCUT2D eigenvalue weighted by Gasteiger charge is 2.28. The highest BCUT2D eigenvalue weighted by molar-refractivity contribution is 5.48. The molecule has 5 nitrogen and oxygen atoms in total. The zero-order valence-corrected chi connectivity index (χ0v) is 15.6. The van der Waals surface area contributed by atoms with E-state index in [1.807, 2.05) is 18.2 Å². The predicted octanol–water partition coefficient (Wildman–Crippen LogP) is 2.76. The molecule has 0 radical (unpaired) electrons. The Labute approximate surface area is 163 Å². The molecule has 7 heteroatoms. The van der Waals surface area contributed by atoms with E-state index in [0.717, 1.165) is 48.8 Å². The summed E-state index contributed by atoms with van der Waals surface area (Å²) in [7, 11) is 0. The molecule has 0 unspecified atom stereocenters. The summed E-state index contributed by atoms with van der Waals surface area (Å²) in [6.45, 7) is 4.04. The van der Waals surface area contributed by atoms with Crippen LogP contribution < -0.4 is 9.47 Å². The molecule has 1 fully saturated rings. The van der Waals surface area contributed by atoms with Gasteiger partial charge in [-0.1, -0.05) is 18.2 Å². The number of fused-ring (bicyclic) bond motifs is 1. The van der Waals surface area contributed by atoms with Gasteiger partial charge < -0.3 is 14.6 Å². The molecule has 1 atom stereocenters. The number of aliphatic hydroxyl groups excluding tert-OH is 1. The fourth-order valence-corrected chi connectivity index (χ4v) is 3.96. The van der Waals surface area contributed by atoms with E-state index in [1.165, 1.54) is 12.1 Å². The van der Waals surface area contributed by atoms with Gasteiger partial charge >= 0.3 is 0 Å². The zero-order chi connectivity index (χ0) is 19.5. The van der Waals surface area contributed by atoms with E-state index in [0.29, 0.717) is 13.0 Å². The van der Waals surface area contributed by atoms with Crippen LogP contribution in [-0.4, -0.2) is 54.0 Å². The SMILES string of the molecule is OCC[C@@H]1CN(Cc2cccc3c2OCO3)CCN1Cc1ccc(F)c(F)c1. The number of rotatable bonds is 6. The second-order valence-corrected chi connectivity index (χ2v) is 7.27. The third kappa shape index (κ3) is 4.11. The Morgan fingerprint density at radius 2 is 1.93 bits per heavy atom. The van der Waals surface area contributed by atoms with Crippen LogP contribution in [0.2, 0.25) is 0 Å². The topological polar surface area (TPSA) is 45.2 Å². The number of hydrogen-bond acceptors (Lipinski definition) is 5. The van der Waals surface area contributed by atoms with Crippen LogP contribution in [0.1, 0.15) is 17.5 Å². The van der Waals surface area contributed by atoms with E-state index in [1.54, 1.807) is 6.07 Å². The van der Waals surface area contributed by atoms with E-state index in [4.69, 9.17) is 9.47 Å². The zero-order valence-electron chi connectivity index (χ0n) is 15.6. The van der Waals surface area contributed by atoms with Gasteiger partial charge in [-0.05, 0) is 30.2 Å². The van der Waals surface area contributed by atoms with Crippen molar-refractivity contribution < 1.29 is 23.4 Å². The number of para-hydroxylation sites is 1. The van der Waals surface area contributed by atoms with Gasteiger partial charge in [-0.3, -0.25) is 9.80 Å². The minimum absolute atomic E-state index is 0.0878. The molecule has 1 saturated heterocycles. The molecule has 2 heterocycles. The van der Waals surface area contributed by atoms with E-state index in [2.05, 4.69) is 9.80 Å². The van der Waals surface area contributed by atoms with E-state index in [-0.39, 0.29) is 19.4 Å². The number of ether oxygens (including phenoxy) is 2. The van der Waals surface area contributed by atoms with Crippen LogP contribution in [0.3, 0.4) is 0 Å². The Morgan fingerprint density at radius 3 is 2.75 bits per heavy atom. The van der Waals surface area contributed by atoms with Crippen molar-refractivity contribution in [3.63, 3.8) is 0 Å². The van der Waals surface area contributed by atoms with Crippen LogP contribution in [-0.2, 0) is 13.1 Å². The summed E-state index contributed by atoms with van der Waals surface area (Å²) in [6, 6.07) is 10.1. The van der Waals surface area contributed by atoms with Gasteiger partial charge in [0, 0.05) is 50.9 Å². The Morgan fingerprint density at radius 1 is 1.04 bits per heavy atom. The standard InChI is InChI=1S/C21H24F2N2O3/c22-18-5-4-15(10-19(18)23)11-25-8-7-24(13-17(25)6-9-26)12-16-2-1-3-20-21(16)28-14-27-20/h1-5,10,17,26H,6-9,11-14H2/t17-/m1/s1. The van der Waals surface area contributed by atoms with Crippen LogP contribution in [0.15, 0.2) is 36.4 Å². The van der Waals surface area contributed by atoms with Crippen LogP contribution in [0.4, 0.5) is 8.78 Å². The molecule has 0 amide bonds. The second-order valence-electron chi connectivity index (χ2n) is 7.27. The number of aliphatic hydroxyl groups is 1. The number of benzene rings is 2. The monoisotopic (exact) mass is 390 g/mol. The maximum atomic E-state index is 13.5. The smallest absolute Gasteiger partial charge is 0.231 e. The Balaban J connectivity index is 1.43. The van der Waals surface area contributed by atoms with Crippen LogP contribution in [0.25, 0.3) is 0 Å². The first-order valence-electron chi connectivity index (χ1n) is 9.52. The van der Waals surface area contributed by atoms with Crippen LogP contribution in [0.5, 0.6) is 11.5 Å². The highest BCUT2D eigenvalue weighted by Crippen LogP contribution is 2.36. The van der Waals surface area contributed by atoms with Crippen molar-refractivity contribution in [2.24, 2.45) is 0 Å². The summed E-state index contributed by atoms with van der Waals surface area (Å²) >= 11 is 0. The third-order valence-electron chi connectivity index (χ3n) is 5.39. The fourth-order valence-electron chi connectivity index (χ4n) is 3.96. The first-order chi connectivity index (χ1) is 13.6. The van der Waals surface area contributed by atoms with Gasteiger partial charge in [0.05, 0.1) is 0 Å². The predicted molar refractivity (Wildman–Crippen MR) is 100 cm³/mol. The van der Waals surface area contributed by atoms with Gasteiger partial charge in [0.2, 0.25) is 6.79 Å². The van der Waals surface area contributed by atoms with Crippen LogP contribution in [0, 0.1) is 11.6 Å². The normalized spacial score (nSPS) is 19.9. The molecule has 0 aromatic heterocycles. The highest BCUT2D eigenvalue weighted by atomic mass is 19.2. The third-order valence-corrected chi connectivity index (χ3v) is 5.39. The number of piperazine rings is 1. The van der Waals surface area contributed by atoms with Crippen molar-refractivity contribution in [2.45, 2.75) is 25.6 Å². The van der Waals surface area contributed by atoms with E-state index in [9.17, 15) is 13.9 Å². The summed E-state index contributed by atoms with van der Waals surface area (Å²) < 4.78 is 37.8. The molecule has 0 bridgehead atoms. The first kappa shape index (κ1) is 19.1. The summed E-state index contributed by atoms with van der Waals surface area (Å²) in [5.41, 5.74) is 1.83. The molecule has 2 aromatic carbocycles. The molecular formula is C21H24F2N2O3. The average molecular weight is 390 g/mol. The van der Waals surface area contributed by atoms with Crippen molar-refractivity contribution >= 4 is 0 Å². The Kier molecular flexibility index (Phi) is 5.75. The Hall–Kier alpha value is -2.22.